The van der Waals surface area contributed by atoms with Crippen molar-refractivity contribution in [2.75, 3.05) is 13.1 Å². The first-order valence-corrected chi connectivity index (χ1v) is 8.60. The molecule has 0 radical (unpaired) electrons. The fourth-order valence-electron chi connectivity index (χ4n) is 3.30. The van der Waals surface area contributed by atoms with Crippen LogP contribution in [0.5, 0.6) is 11.5 Å². The number of aryl methyl sites for hydroxylation is 1. The van der Waals surface area contributed by atoms with Crippen LogP contribution in [0.15, 0.2) is 59.0 Å². The van der Waals surface area contributed by atoms with Crippen LogP contribution in [0.4, 0.5) is 0 Å². The summed E-state index contributed by atoms with van der Waals surface area (Å²) in [5, 5.41) is 7.99. The van der Waals surface area contributed by atoms with E-state index in [0.29, 0.717) is 17.7 Å². The van der Waals surface area contributed by atoms with E-state index in [1.54, 1.807) is 0 Å². The van der Waals surface area contributed by atoms with E-state index in [4.69, 9.17) is 9.15 Å². The highest BCUT2D eigenvalue weighted by molar-refractivity contribution is 5.35. The predicted octanol–water partition coefficient (Wildman–Crippen LogP) is 4.16. The highest BCUT2D eigenvalue weighted by Gasteiger charge is 2.25. The number of benzene rings is 2. The lowest BCUT2D eigenvalue weighted by molar-refractivity contribution is 0.284. The summed E-state index contributed by atoms with van der Waals surface area (Å²) in [6.07, 6.45) is 1.13. The average Bonchev–Trinajstić information content (AvgIpc) is 3.26. The third kappa shape index (κ3) is 3.88. The van der Waals surface area contributed by atoms with Crippen molar-refractivity contribution >= 4 is 0 Å². The molecular weight excluding hydrogens is 314 g/mol. The molecule has 25 heavy (non-hydrogen) atoms. The van der Waals surface area contributed by atoms with Crippen LogP contribution in [-0.4, -0.2) is 28.2 Å². The van der Waals surface area contributed by atoms with Gasteiger partial charge in [0.05, 0.1) is 6.54 Å². The van der Waals surface area contributed by atoms with Crippen molar-refractivity contribution in [1.82, 2.24) is 15.1 Å². The minimum absolute atomic E-state index is 0.503. The summed E-state index contributed by atoms with van der Waals surface area (Å²) in [5.41, 5.74) is 1.32. The lowest BCUT2D eigenvalue weighted by Crippen LogP contribution is -2.20. The maximum absolute atomic E-state index is 5.96. The highest BCUT2D eigenvalue weighted by atomic mass is 16.5. The smallest absolute Gasteiger partial charge is 0.230 e. The highest BCUT2D eigenvalue weighted by Crippen LogP contribution is 2.31. The lowest BCUT2D eigenvalue weighted by atomic mass is 9.98. The van der Waals surface area contributed by atoms with Gasteiger partial charge in [-0.2, -0.15) is 0 Å². The zero-order valence-electron chi connectivity index (χ0n) is 14.3. The van der Waals surface area contributed by atoms with Gasteiger partial charge in [-0.1, -0.05) is 30.3 Å². The summed E-state index contributed by atoms with van der Waals surface area (Å²) in [7, 11) is 0. The van der Waals surface area contributed by atoms with Crippen molar-refractivity contribution < 1.29 is 9.15 Å². The van der Waals surface area contributed by atoms with Crippen LogP contribution < -0.4 is 4.74 Å². The Hall–Kier alpha value is -2.66. The molecule has 2 aromatic carbocycles. The SMILES string of the molecule is Cc1nnc(CN2CC[C@@H](c3cccc(Oc4ccccc4)c3)C2)o1. The topological polar surface area (TPSA) is 51.4 Å². The van der Waals surface area contributed by atoms with Crippen LogP contribution in [-0.2, 0) is 6.54 Å². The molecular formula is C20H21N3O2. The van der Waals surface area contributed by atoms with Gasteiger partial charge in [-0.15, -0.1) is 10.2 Å². The van der Waals surface area contributed by atoms with E-state index in [1.807, 2.05) is 43.3 Å². The van der Waals surface area contributed by atoms with Crippen molar-refractivity contribution in [2.45, 2.75) is 25.8 Å². The molecule has 1 aromatic heterocycles. The molecule has 3 aromatic rings. The zero-order valence-corrected chi connectivity index (χ0v) is 14.3. The van der Waals surface area contributed by atoms with Gasteiger partial charge >= 0.3 is 0 Å². The van der Waals surface area contributed by atoms with Crippen molar-refractivity contribution in [1.29, 1.82) is 0 Å². The Bertz CT molecular complexity index is 832. The predicted molar refractivity (Wildman–Crippen MR) is 94.6 cm³/mol. The van der Waals surface area contributed by atoms with Gasteiger partial charge in [-0.3, -0.25) is 4.90 Å². The van der Waals surface area contributed by atoms with Crippen LogP contribution in [0.3, 0.4) is 0 Å². The third-order valence-electron chi connectivity index (χ3n) is 4.51. The second-order valence-corrected chi connectivity index (χ2v) is 6.42. The van der Waals surface area contributed by atoms with Gasteiger partial charge in [-0.25, -0.2) is 0 Å². The number of likely N-dealkylation sites (tertiary alicyclic amines) is 1. The second kappa shape index (κ2) is 7.07. The summed E-state index contributed by atoms with van der Waals surface area (Å²) < 4.78 is 11.4. The van der Waals surface area contributed by atoms with E-state index >= 15 is 0 Å². The van der Waals surface area contributed by atoms with E-state index in [-0.39, 0.29) is 0 Å². The number of ether oxygens (including phenoxy) is 1. The van der Waals surface area contributed by atoms with Crippen molar-refractivity contribution in [3.63, 3.8) is 0 Å². The van der Waals surface area contributed by atoms with Crippen LogP contribution in [0.1, 0.15) is 29.7 Å². The Morgan fingerprint density at radius 2 is 1.92 bits per heavy atom. The Morgan fingerprint density at radius 1 is 1.08 bits per heavy atom. The minimum atomic E-state index is 0.503. The molecule has 0 saturated carbocycles. The molecule has 0 aliphatic carbocycles. The second-order valence-electron chi connectivity index (χ2n) is 6.42. The molecule has 1 fully saturated rings. The fourth-order valence-corrected chi connectivity index (χ4v) is 3.30. The first kappa shape index (κ1) is 15.8. The maximum Gasteiger partial charge on any atom is 0.230 e. The molecule has 5 nitrogen and oxygen atoms in total. The van der Waals surface area contributed by atoms with E-state index in [0.717, 1.165) is 37.6 Å². The van der Waals surface area contributed by atoms with Gasteiger partial charge in [0.25, 0.3) is 0 Å². The number of rotatable bonds is 5. The Balaban J connectivity index is 1.41. The van der Waals surface area contributed by atoms with Crippen molar-refractivity contribution in [3.8, 4) is 11.5 Å². The molecule has 1 aliphatic heterocycles. The lowest BCUT2D eigenvalue weighted by Gasteiger charge is -2.15. The summed E-state index contributed by atoms with van der Waals surface area (Å²) in [6, 6.07) is 18.3. The standard InChI is InChI=1S/C20H21N3O2/c1-15-21-22-20(24-15)14-23-11-10-17(13-23)16-6-5-9-19(12-16)25-18-7-3-2-4-8-18/h2-9,12,17H,10-11,13-14H2,1H3/t17-/m1/s1. The minimum Gasteiger partial charge on any atom is -0.457 e. The number of hydrogen-bond donors (Lipinski definition) is 0. The molecule has 1 aliphatic rings. The quantitative estimate of drug-likeness (QED) is 0.701. The van der Waals surface area contributed by atoms with E-state index in [9.17, 15) is 0 Å². The molecule has 0 N–H and O–H groups in total. The van der Waals surface area contributed by atoms with E-state index in [2.05, 4.69) is 33.3 Å². The van der Waals surface area contributed by atoms with Crippen LogP contribution in [0, 0.1) is 6.92 Å². The molecule has 1 saturated heterocycles. The van der Waals surface area contributed by atoms with Crippen LogP contribution >= 0.6 is 0 Å². The Kier molecular flexibility index (Phi) is 4.48. The normalized spacial score (nSPS) is 17.7. The third-order valence-corrected chi connectivity index (χ3v) is 4.51. The van der Waals surface area contributed by atoms with Gasteiger partial charge in [-0.05, 0) is 48.7 Å². The zero-order chi connectivity index (χ0) is 17.1. The Morgan fingerprint density at radius 3 is 2.72 bits per heavy atom. The largest absolute Gasteiger partial charge is 0.457 e. The fraction of sp³-hybridized carbons (Fsp3) is 0.300. The molecule has 2 heterocycles. The maximum atomic E-state index is 5.96. The molecule has 128 valence electrons. The van der Waals surface area contributed by atoms with Crippen LogP contribution in [0.25, 0.3) is 0 Å². The number of nitrogens with zero attached hydrogens (tertiary/aromatic N) is 3. The summed E-state index contributed by atoms with van der Waals surface area (Å²) in [5.74, 6) is 3.56. The number of para-hydroxylation sites is 1. The molecule has 0 unspecified atom stereocenters. The van der Waals surface area contributed by atoms with E-state index in [1.165, 1.54) is 5.56 Å². The average molecular weight is 335 g/mol. The summed E-state index contributed by atoms with van der Waals surface area (Å²) in [4.78, 5) is 2.36. The molecule has 5 heteroatoms. The first-order chi connectivity index (χ1) is 12.3. The first-order valence-electron chi connectivity index (χ1n) is 8.60. The molecule has 4 rings (SSSR count). The molecule has 1 atom stereocenters. The van der Waals surface area contributed by atoms with Gasteiger partial charge in [0, 0.05) is 13.5 Å². The Labute approximate surface area is 147 Å². The molecule has 0 spiro atoms. The monoisotopic (exact) mass is 335 g/mol. The molecule has 0 amide bonds. The van der Waals surface area contributed by atoms with Gasteiger partial charge in [0.1, 0.15) is 11.5 Å². The summed E-state index contributed by atoms with van der Waals surface area (Å²) in [6.45, 7) is 4.57. The van der Waals surface area contributed by atoms with Gasteiger partial charge in [0.15, 0.2) is 0 Å². The molecule has 0 bridgehead atoms. The van der Waals surface area contributed by atoms with Crippen molar-refractivity contribution in [2.24, 2.45) is 0 Å². The van der Waals surface area contributed by atoms with Crippen LogP contribution in [0.2, 0.25) is 0 Å². The summed E-state index contributed by atoms with van der Waals surface area (Å²) >= 11 is 0. The van der Waals surface area contributed by atoms with Gasteiger partial charge in [0.2, 0.25) is 11.8 Å². The number of hydrogen-bond acceptors (Lipinski definition) is 5. The van der Waals surface area contributed by atoms with Crippen molar-refractivity contribution in [3.05, 3.63) is 71.9 Å². The number of aromatic nitrogens is 2. The van der Waals surface area contributed by atoms with Gasteiger partial charge < -0.3 is 9.15 Å². The van der Waals surface area contributed by atoms with E-state index < -0.39 is 0 Å².